The van der Waals surface area contributed by atoms with E-state index in [2.05, 4.69) is 58.3 Å². The van der Waals surface area contributed by atoms with Crippen LogP contribution in [0.3, 0.4) is 0 Å². The van der Waals surface area contributed by atoms with Crippen LogP contribution in [0.2, 0.25) is 0 Å². The summed E-state index contributed by atoms with van der Waals surface area (Å²) in [7, 11) is 0. The lowest BCUT2D eigenvalue weighted by Gasteiger charge is -2.72. The van der Waals surface area contributed by atoms with Crippen LogP contribution in [-0.4, -0.2) is 72.8 Å². The van der Waals surface area contributed by atoms with E-state index >= 15 is 0 Å². The molecule has 0 aromatic rings. The molecular formula is C46H74N2O6. The summed E-state index contributed by atoms with van der Waals surface area (Å²) in [4.78, 5) is 42.3. The third kappa shape index (κ3) is 6.42. The first-order valence-corrected chi connectivity index (χ1v) is 22.0. The van der Waals surface area contributed by atoms with Gasteiger partial charge in [-0.05, 0) is 156 Å². The molecule has 0 aromatic heterocycles. The number of hydrogen-bond donors (Lipinski definition) is 2. The van der Waals surface area contributed by atoms with Crippen molar-refractivity contribution in [2.24, 2.45) is 68.0 Å². The van der Waals surface area contributed by atoms with Gasteiger partial charge in [0, 0.05) is 31.1 Å². The molecular weight excluding hydrogens is 677 g/mol. The SMILES string of the molecule is C=C(C)C1CCC2(C(=O)N[C@@H]3CC[C@H](CN4CCOCC4)C3)CCC3(C)[C@H](CC[C@@H]4[C@@]5(C)CC[C@H](OC(=O)CC(C)(C)C(=O)O)C(C)(C)[C@@H]5CC[C@]43C)[C@@H]12. The molecule has 0 bridgehead atoms. The average molecular weight is 751 g/mol. The van der Waals surface area contributed by atoms with Crippen molar-refractivity contribution in [3.63, 3.8) is 0 Å². The van der Waals surface area contributed by atoms with Crippen molar-refractivity contribution < 1.29 is 29.0 Å². The summed E-state index contributed by atoms with van der Waals surface area (Å²) in [5.41, 5.74) is 0.0669. The molecule has 54 heavy (non-hydrogen) atoms. The third-order valence-corrected chi connectivity index (χ3v) is 18.4. The fourth-order valence-corrected chi connectivity index (χ4v) is 15.2. The van der Waals surface area contributed by atoms with Gasteiger partial charge in [-0.15, -0.1) is 0 Å². The highest BCUT2D eigenvalue weighted by molar-refractivity contribution is 5.84. The molecule has 8 heteroatoms. The molecule has 1 aliphatic heterocycles. The number of allylic oxidation sites excluding steroid dienone is 1. The number of carbonyl (C=O) groups excluding carboxylic acids is 2. The van der Waals surface area contributed by atoms with Gasteiger partial charge >= 0.3 is 11.9 Å². The number of nitrogens with one attached hydrogen (secondary N) is 1. The van der Waals surface area contributed by atoms with Gasteiger partial charge in [-0.2, -0.15) is 0 Å². The second-order valence-corrected chi connectivity index (χ2v) is 21.8. The smallest absolute Gasteiger partial charge is 0.309 e. The predicted molar refractivity (Wildman–Crippen MR) is 211 cm³/mol. The van der Waals surface area contributed by atoms with Gasteiger partial charge in [0.2, 0.25) is 5.91 Å². The van der Waals surface area contributed by atoms with E-state index in [1.54, 1.807) is 13.8 Å². The Bertz CT molecular complexity index is 1480. The van der Waals surface area contributed by atoms with Crippen LogP contribution in [0.1, 0.15) is 145 Å². The van der Waals surface area contributed by atoms with Gasteiger partial charge in [0.25, 0.3) is 0 Å². The molecule has 2 N–H and O–H groups in total. The van der Waals surface area contributed by atoms with Crippen LogP contribution in [0.25, 0.3) is 0 Å². The Balaban J connectivity index is 1.08. The highest BCUT2D eigenvalue weighted by Crippen LogP contribution is 2.77. The number of nitrogens with zero attached hydrogens (tertiary/aromatic N) is 1. The standard InChI is InChI=1S/C46H74N2O6/c1-29(2)32-14-19-46(39(50)47-31-11-10-30(26-31)28-48-22-24-53-25-23-48)21-20-44(8)33(38(32)46)12-13-35-43(7)17-16-36(54-37(49)27-41(3,4)40(51)52)42(5,6)34(43)15-18-45(35,44)9/h30-36,38H,1,10-28H2,2-9H3,(H,47,50)(H,51,52)/t30-,31+,32?,33+,34-,35+,36-,38+,43-,44?,45+,46?/m0/s1. The monoisotopic (exact) mass is 751 g/mol. The first kappa shape index (κ1) is 40.3. The Kier molecular flexibility index (Phi) is 10.6. The molecule has 6 saturated carbocycles. The number of carboxylic acid groups (broad SMARTS) is 1. The van der Waals surface area contributed by atoms with Crippen LogP contribution in [0.15, 0.2) is 12.2 Å². The van der Waals surface area contributed by atoms with Crippen LogP contribution in [0, 0.1) is 68.0 Å². The second kappa shape index (κ2) is 14.2. The summed E-state index contributed by atoms with van der Waals surface area (Å²) in [6, 6.07) is 0.292. The minimum atomic E-state index is -1.14. The average Bonchev–Trinajstić information content (AvgIpc) is 3.71. The highest BCUT2D eigenvalue weighted by atomic mass is 16.5. The summed E-state index contributed by atoms with van der Waals surface area (Å²) in [6.45, 7) is 27.3. The molecule has 1 saturated heterocycles. The van der Waals surface area contributed by atoms with E-state index in [0.29, 0.717) is 47.5 Å². The van der Waals surface area contributed by atoms with Crippen LogP contribution in [0.5, 0.6) is 0 Å². The number of carbonyl (C=O) groups is 3. The Hall–Kier alpha value is -1.93. The first-order valence-electron chi connectivity index (χ1n) is 22.0. The Labute approximate surface area is 326 Å². The normalized spacial score (nSPS) is 44.6. The molecule has 1 amide bonds. The van der Waals surface area contributed by atoms with Crippen LogP contribution >= 0.6 is 0 Å². The maximum atomic E-state index is 14.9. The molecule has 7 aliphatic rings. The largest absolute Gasteiger partial charge is 0.481 e. The summed E-state index contributed by atoms with van der Waals surface area (Å²) in [5, 5.41) is 13.4. The van der Waals surface area contributed by atoms with Gasteiger partial charge in [0.05, 0.1) is 30.5 Å². The number of hydrogen-bond acceptors (Lipinski definition) is 6. The second-order valence-electron chi connectivity index (χ2n) is 21.8. The first-order chi connectivity index (χ1) is 25.3. The molecule has 7 fully saturated rings. The van der Waals surface area contributed by atoms with Crippen LogP contribution < -0.4 is 5.32 Å². The number of fused-ring (bicyclic) bond motifs is 7. The number of ether oxygens (including phenoxy) is 2. The summed E-state index contributed by atoms with van der Waals surface area (Å²) >= 11 is 0. The lowest BCUT2D eigenvalue weighted by molar-refractivity contribution is -0.249. The van der Waals surface area contributed by atoms with E-state index in [9.17, 15) is 19.5 Å². The van der Waals surface area contributed by atoms with E-state index < -0.39 is 17.4 Å². The van der Waals surface area contributed by atoms with Gasteiger partial charge in [-0.1, -0.05) is 46.8 Å². The van der Waals surface area contributed by atoms with E-state index in [4.69, 9.17) is 9.47 Å². The quantitative estimate of drug-likeness (QED) is 0.180. The Morgan fingerprint density at radius 3 is 2.28 bits per heavy atom. The number of carboxylic acids is 1. The van der Waals surface area contributed by atoms with Crippen molar-refractivity contribution in [1.29, 1.82) is 0 Å². The summed E-state index contributed by atoms with van der Waals surface area (Å²) in [6.07, 6.45) is 13.8. The van der Waals surface area contributed by atoms with Gasteiger partial charge in [0.15, 0.2) is 0 Å². The molecule has 0 radical (unpaired) electrons. The molecule has 0 aromatic carbocycles. The molecule has 0 spiro atoms. The maximum absolute atomic E-state index is 14.9. The van der Waals surface area contributed by atoms with Crippen LogP contribution in [0.4, 0.5) is 0 Å². The molecule has 3 unspecified atom stereocenters. The van der Waals surface area contributed by atoms with Gasteiger partial charge in [-0.3, -0.25) is 19.3 Å². The number of rotatable bonds is 9. The zero-order valence-corrected chi connectivity index (χ0v) is 35.2. The maximum Gasteiger partial charge on any atom is 0.309 e. The number of esters is 1. The van der Waals surface area contributed by atoms with Crippen molar-refractivity contribution in [2.75, 3.05) is 32.8 Å². The fourth-order valence-electron chi connectivity index (χ4n) is 15.2. The van der Waals surface area contributed by atoms with E-state index in [1.165, 1.54) is 24.8 Å². The lowest BCUT2D eigenvalue weighted by Crippen LogP contribution is -2.67. The van der Waals surface area contributed by atoms with Crippen LogP contribution in [-0.2, 0) is 23.9 Å². The lowest BCUT2D eigenvalue weighted by atomic mass is 9.32. The van der Waals surface area contributed by atoms with Crippen molar-refractivity contribution >= 4 is 17.8 Å². The van der Waals surface area contributed by atoms with Crippen molar-refractivity contribution in [2.45, 2.75) is 157 Å². The highest BCUT2D eigenvalue weighted by Gasteiger charge is 2.72. The molecule has 7 rings (SSSR count). The van der Waals surface area contributed by atoms with E-state index in [1.807, 2.05) is 0 Å². The van der Waals surface area contributed by atoms with E-state index in [0.717, 1.165) is 97.1 Å². The zero-order valence-electron chi connectivity index (χ0n) is 35.2. The Morgan fingerprint density at radius 2 is 1.59 bits per heavy atom. The third-order valence-electron chi connectivity index (χ3n) is 18.4. The van der Waals surface area contributed by atoms with Crippen molar-refractivity contribution in [3.8, 4) is 0 Å². The van der Waals surface area contributed by atoms with Crippen molar-refractivity contribution in [3.05, 3.63) is 12.2 Å². The molecule has 304 valence electrons. The zero-order chi connectivity index (χ0) is 39.1. The van der Waals surface area contributed by atoms with Gasteiger partial charge < -0.3 is 19.9 Å². The van der Waals surface area contributed by atoms with Gasteiger partial charge in [0.1, 0.15) is 6.10 Å². The minimum absolute atomic E-state index is 0.112. The molecule has 8 nitrogen and oxygen atoms in total. The summed E-state index contributed by atoms with van der Waals surface area (Å²) < 4.78 is 11.8. The number of morpholine rings is 1. The number of aliphatic carboxylic acids is 1. The topological polar surface area (TPSA) is 105 Å². The van der Waals surface area contributed by atoms with E-state index in [-0.39, 0.29) is 39.6 Å². The van der Waals surface area contributed by atoms with Crippen molar-refractivity contribution in [1.82, 2.24) is 10.2 Å². The van der Waals surface area contributed by atoms with Gasteiger partial charge in [-0.25, -0.2) is 0 Å². The molecule has 1 heterocycles. The molecule has 6 aliphatic carbocycles. The number of amides is 1. The Morgan fingerprint density at radius 1 is 0.870 bits per heavy atom. The molecule has 12 atom stereocenters. The summed E-state index contributed by atoms with van der Waals surface area (Å²) in [5.74, 6) is 1.90. The fraction of sp³-hybridized carbons (Fsp3) is 0.891. The predicted octanol–water partition coefficient (Wildman–Crippen LogP) is 8.67. The minimum Gasteiger partial charge on any atom is -0.481 e.